The lowest BCUT2D eigenvalue weighted by Gasteiger charge is -2.20. The van der Waals surface area contributed by atoms with Crippen LogP contribution in [-0.4, -0.2) is 0 Å². The molecule has 3 unspecified atom stereocenters. The van der Waals surface area contributed by atoms with Crippen LogP contribution >= 0.6 is 0 Å². The summed E-state index contributed by atoms with van der Waals surface area (Å²) in [6.45, 7) is 14.2. The molecule has 0 bridgehead atoms. The van der Waals surface area contributed by atoms with Gasteiger partial charge in [-0.2, -0.15) is 0 Å². The summed E-state index contributed by atoms with van der Waals surface area (Å²) in [6.07, 6.45) is 7.01. The molecule has 0 spiro atoms. The van der Waals surface area contributed by atoms with Crippen molar-refractivity contribution in [3.63, 3.8) is 0 Å². The summed E-state index contributed by atoms with van der Waals surface area (Å²) in [5.41, 5.74) is 0. The maximum absolute atomic E-state index is 2.43. The highest BCUT2D eigenvalue weighted by molar-refractivity contribution is 4.63. The summed E-state index contributed by atoms with van der Waals surface area (Å²) in [7, 11) is 0. The van der Waals surface area contributed by atoms with Crippen LogP contribution in [-0.2, 0) is 0 Å². The van der Waals surface area contributed by atoms with Crippen LogP contribution in [0, 0.1) is 23.7 Å². The smallest absolute Gasteiger partial charge is 0.0438 e. The van der Waals surface area contributed by atoms with Gasteiger partial charge >= 0.3 is 0 Å². The predicted molar refractivity (Wildman–Crippen MR) is 71.1 cm³/mol. The lowest BCUT2D eigenvalue weighted by Crippen LogP contribution is -2.07. The minimum Gasteiger partial charge on any atom is -0.0651 e. The van der Waals surface area contributed by atoms with Crippen molar-refractivity contribution in [1.82, 2.24) is 0 Å². The minimum absolute atomic E-state index is 0.863. The van der Waals surface area contributed by atoms with Crippen molar-refractivity contribution in [2.24, 2.45) is 23.7 Å². The van der Waals surface area contributed by atoms with E-state index in [4.69, 9.17) is 0 Å². The van der Waals surface area contributed by atoms with Gasteiger partial charge in [-0.15, -0.1) is 0 Å². The highest BCUT2D eigenvalue weighted by Crippen LogP contribution is 2.24. The van der Waals surface area contributed by atoms with Gasteiger partial charge in [-0.25, -0.2) is 0 Å². The Labute approximate surface area is 97.8 Å². The Morgan fingerprint density at radius 3 is 1.67 bits per heavy atom. The summed E-state index contributed by atoms with van der Waals surface area (Å²) in [4.78, 5) is 0. The molecule has 0 aliphatic heterocycles. The first kappa shape index (κ1) is 15.0. The van der Waals surface area contributed by atoms with Crippen LogP contribution in [0.25, 0.3) is 0 Å². The second-order valence-corrected chi connectivity index (χ2v) is 6.17. The molecule has 0 saturated heterocycles. The quantitative estimate of drug-likeness (QED) is 0.497. The minimum atomic E-state index is 0.863. The van der Waals surface area contributed by atoms with Gasteiger partial charge in [-0.1, -0.05) is 60.8 Å². The van der Waals surface area contributed by atoms with Crippen molar-refractivity contribution in [2.75, 3.05) is 0 Å². The highest BCUT2D eigenvalue weighted by Gasteiger charge is 2.11. The van der Waals surface area contributed by atoms with Crippen molar-refractivity contribution < 1.29 is 0 Å². The predicted octanol–water partition coefficient (Wildman–Crippen LogP) is 5.52. The van der Waals surface area contributed by atoms with Gasteiger partial charge in [0.1, 0.15) is 0 Å². The maximum Gasteiger partial charge on any atom is -0.0438 e. The van der Waals surface area contributed by atoms with Crippen molar-refractivity contribution in [3.05, 3.63) is 0 Å². The van der Waals surface area contributed by atoms with E-state index in [1.807, 2.05) is 0 Å². The molecule has 0 aliphatic carbocycles. The molecule has 92 valence electrons. The molecule has 0 heterocycles. The molecule has 0 radical (unpaired) electrons. The largest absolute Gasteiger partial charge is 0.0651 e. The van der Waals surface area contributed by atoms with E-state index < -0.39 is 0 Å². The van der Waals surface area contributed by atoms with Gasteiger partial charge in [-0.3, -0.25) is 0 Å². The first-order valence-electron chi connectivity index (χ1n) is 6.95. The molecule has 15 heavy (non-hydrogen) atoms. The first-order chi connectivity index (χ1) is 6.95. The number of hydrogen-bond acceptors (Lipinski definition) is 0. The van der Waals surface area contributed by atoms with Crippen LogP contribution in [0.15, 0.2) is 0 Å². The summed E-state index contributed by atoms with van der Waals surface area (Å²) < 4.78 is 0. The fourth-order valence-electron chi connectivity index (χ4n) is 2.48. The van der Waals surface area contributed by atoms with Crippen LogP contribution in [0.5, 0.6) is 0 Å². The SMILES string of the molecule is CCC(C)CCC(C)CC(C)CC(C)C. The molecular formula is C15H32. The zero-order valence-electron chi connectivity index (χ0n) is 11.8. The Balaban J connectivity index is 3.59. The fraction of sp³-hybridized carbons (Fsp3) is 1.00. The molecule has 0 heteroatoms. The zero-order chi connectivity index (χ0) is 11.8. The van der Waals surface area contributed by atoms with E-state index in [0.717, 1.165) is 23.7 Å². The lowest BCUT2D eigenvalue weighted by atomic mass is 9.86. The molecule has 0 fully saturated rings. The second kappa shape index (κ2) is 8.19. The van der Waals surface area contributed by atoms with Crippen LogP contribution in [0.2, 0.25) is 0 Å². The van der Waals surface area contributed by atoms with Crippen molar-refractivity contribution in [2.45, 2.75) is 73.6 Å². The Bertz CT molecular complexity index is 137. The van der Waals surface area contributed by atoms with E-state index in [9.17, 15) is 0 Å². The molecule has 0 amide bonds. The molecule has 0 nitrogen and oxygen atoms in total. The molecule has 3 atom stereocenters. The molecule has 0 aromatic rings. The van der Waals surface area contributed by atoms with E-state index in [1.165, 1.54) is 32.1 Å². The van der Waals surface area contributed by atoms with Gasteiger partial charge in [0, 0.05) is 0 Å². The van der Waals surface area contributed by atoms with E-state index in [0.29, 0.717) is 0 Å². The monoisotopic (exact) mass is 212 g/mol. The van der Waals surface area contributed by atoms with E-state index in [1.54, 1.807) is 0 Å². The van der Waals surface area contributed by atoms with E-state index in [2.05, 4.69) is 41.5 Å². The average molecular weight is 212 g/mol. The average Bonchev–Trinajstić information content (AvgIpc) is 2.12. The molecular weight excluding hydrogens is 180 g/mol. The van der Waals surface area contributed by atoms with Crippen LogP contribution in [0.4, 0.5) is 0 Å². The van der Waals surface area contributed by atoms with Crippen molar-refractivity contribution in [3.8, 4) is 0 Å². The Hall–Kier alpha value is 0. The number of hydrogen-bond donors (Lipinski definition) is 0. The Kier molecular flexibility index (Phi) is 8.19. The third-order valence-electron chi connectivity index (χ3n) is 3.53. The maximum atomic E-state index is 2.43. The highest BCUT2D eigenvalue weighted by atomic mass is 14.2. The molecule has 0 N–H and O–H groups in total. The van der Waals surface area contributed by atoms with Crippen LogP contribution in [0.1, 0.15) is 73.6 Å². The van der Waals surface area contributed by atoms with Crippen LogP contribution < -0.4 is 0 Å². The Morgan fingerprint density at radius 1 is 0.667 bits per heavy atom. The van der Waals surface area contributed by atoms with E-state index >= 15 is 0 Å². The van der Waals surface area contributed by atoms with Gasteiger partial charge in [0.25, 0.3) is 0 Å². The Morgan fingerprint density at radius 2 is 1.20 bits per heavy atom. The van der Waals surface area contributed by atoms with Gasteiger partial charge in [0.2, 0.25) is 0 Å². The second-order valence-electron chi connectivity index (χ2n) is 6.17. The third kappa shape index (κ3) is 8.96. The summed E-state index contributed by atoms with van der Waals surface area (Å²) in [5, 5.41) is 0. The van der Waals surface area contributed by atoms with Crippen molar-refractivity contribution >= 4 is 0 Å². The number of rotatable bonds is 8. The topological polar surface area (TPSA) is 0 Å². The van der Waals surface area contributed by atoms with Crippen LogP contribution in [0.3, 0.4) is 0 Å². The standard InChI is InChI=1S/C15H32/c1-7-13(4)8-9-14(5)11-15(6)10-12(2)3/h12-15H,7-11H2,1-6H3. The first-order valence-corrected chi connectivity index (χ1v) is 6.95. The van der Waals surface area contributed by atoms with Gasteiger partial charge < -0.3 is 0 Å². The fourth-order valence-corrected chi connectivity index (χ4v) is 2.48. The van der Waals surface area contributed by atoms with E-state index in [-0.39, 0.29) is 0 Å². The summed E-state index contributed by atoms with van der Waals surface area (Å²) >= 11 is 0. The molecule has 0 saturated carbocycles. The molecule has 0 aromatic heterocycles. The van der Waals surface area contributed by atoms with Gasteiger partial charge in [-0.05, 0) is 36.5 Å². The van der Waals surface area contributed by atoms with Crippen molar-refractivity contribution in [1.29, 1.82) is 0 Å². The summed E-state index contributed by atoms with van der Waals surface area (Å²) in [5.74, 6) is 3.62. The van der Waals surface area contributed by atoms with Gasteiger partial charge in [0.15, 0.2) is 0 Å². The molecule has 0 rings (SSSR count). The molecule has 0 aromatic carbocycles. The lowest BCUT2D eigenvalue weighted by molar-refractivity contribution is 0.324. The zero-order valence-corrected chi connectivity index (χ0v) is 11.8. The normalized spacial score (nSPS) is 17.8. The molecule has 0 aliphatic rings. The summed E-state index contributed by atoms with van der Waals surface area (Å²) in [6, 6.07) is 0. The third-order valence-corrected chi connectivity index (χ3v) is 3.53. The van der Waals surface area contributed by atoms with Gasteiger partial charge in [0.05, 0.1) is 0 Å².